The van der Waals surface area contributed by atoms with Gasteiger partial charge >= 0.3 is 6.18 Å². The van der Waals surface area contributed by atoms with Crippen LogP contribution in [-0.2, 0) is 67.0 Å². The molecular weight excluding hydrogens is 1390 g/mol. The summed E-state index contributed by atoms with van der Waals surface area (Å²) in [6.45, 7) is 14.0. The molecule has 7 rings (SSSR count). The lowest BCUT2D eigenvalue weighted by Gasteiger charge is -2.54. The first-order valence-corrected chi connectivity index (χ1v) is 39.5. The van der Waals surface area contributed by atoms with Gasteiger partial charge in [0.2, 0.25) is 70.9 Å². The van der Waals surface area contributed by atoms with Crippen molar-refractivity contribution in [1.82, 2.24) is 60.0 Å². The van der Waals surface area contributed by atoms with Crippen molar-refractivity contribution in [1.29, 1.82) is 0 Å². The highest BCUT2D eigenvalue weighted by molar-refractivity contribution is 6.01. The van der Waals surface area contributed by atoms with Crippen molar-refractivity contribution in [2.24, 2.45) is 40.9 Å². The third-order valence-electron chi connectivity index (χ3n) is 24.1. The van der Waals surface area contributed by atoms with E-state index in [4.69, 9.17) is 9.47 Å². The van der Waals surface area contributed by atoms with Crippen LogP contribution in [0.25, 0.3) is 0 Å². The Morgan fingerprint density at radius 2 is 1.34 bits per heavy atom. The minimum atomic E-state index is -4.52. The Bertz CT molecular complexity index is 3170. The molecular formula is C78H127F3N12O14. The van der Waals surface area contributed by atoms with Gasteiger partial charge in [-0.1, -0.05) is 98.6 Å². The number of likely N-dealkylation sites (N-methyl/N-ethyl adjacent to an activating group) is 7. The summed E-state index contributed by atoms with van der Waals surface area (Å²) in [6.07, 6.45) is 3.93. The first kappa shape index (κ1) is 87.3. The monoisotopic (exact) mass is 1510 g/mol. The molecule has 0 aromatic heterocycles. The number of carbonyl (C=O) groups is 12. The third kappa shape index (κ3) is 21.8. The average Bonchev–Trinajstić information content (AvgIpc) is 1.24. The minimum absolute atomic E-state index is 0.00534. The Labute approximate surface area is 632 Å². The number of alkyl halides is 3. The predicted octanol–water partition coefficient (Wildman–Crippen LogP) is 6.32. The number of nitrogens with one attached hydrogen (secondary N) is 3. The molecule has 29 heteroatoms. The van der Waals surface area contributed by atoms with Gasteiger partial charge in [0.1, 0.15) is 53.9 Å². The molecule has 4 aliphatic carbocycles. The van der Waals surface area contributed by atoms with Gasteiger partial charge in [-0.2, -0.15) is 13.2 Å². The summed E-state index contributed by atoms with van der Waals surface area (Å²) in [5, 5.41) is 8.91. The summed E-state index contributed by atoms with van der Waals surface area (Å²) >= 11 is 0. The van der Waals surface area contributed by atoms with Gasteiger partial charge in [0.15, 0.2) is 0 Å². The molecule has 0 aromatic carbocycles. The van der Waals surface area contributed by atoms with Crippen LogP contribution in [0.5, 0.6) is 0 Å². The Morgan fingerprint density at radius 1 is 0.682 bits per heavy atom. The van der Waals surface area contributed by atoms with Gasteiger partial charge < -0.3 is 69.5 Å². The van der Waals surface area contributed by atoms with Crippen molar-refractivity contribution >= 4 is 70.9 Å². The topological polar surface area (TPSA) is 289 Å². The van der Waals surface area contributed by atoms with Crippen molar-refractivity contribution < 1.29 is 80.2 Å². The molecule has 12 atom stereocenters. The molecule has 3 N–H and O–H groups in total. The molecule has 4 saturated carbocycles. The Morgan fingerprint density at radius 3 is 1.93 bits per heavy atom. The van der Waals surface area contributed by atoms with Gasteiger partial charge in [0.05, 0.1) is 37.6 Å². The first-order chi connectivity index (χ1) is 50.3. The quantitative estimate of drug-likeness (QED) is 0.151. The van der Waals surface area contributed by atoms with Crippen molar-refractivity contribution in [2.45, 2.75) is 275 Å². The molecule has 1 spiro atoms. The van der Waals surface area contributed by atoms with Crippen LogP contribution in [0.3, 0.4) is 0 Å². The van der Waals surface area contributed by atoms with E-state index in [1.165, 1.54) is 101 Å². The molecule has 0 radical (unpaired) electrons. The zero-order valence-electron chi connectivity index (χ0n) is 66.8. The molecule has 0 aromatic rings. The molecule has 2 bridgehead atoms. The van der Waals surface area contributed by atoms with E-state index in [1.807, 2.05) is 40.7 Å². The molecule has 3 aliphatic heterocycles. The third-order valence-corrected chi connectivity index (χ3v) is 24.1. The predicted molar refractivity (Wildman–Crippen MR) is 396 cm³/mol. The van der Waals surface area contributed by atoms with Gasteiger partial charge in [-0.25, -0.2) is 0 Å². The molecule has 6 fully saturated rings. The maximum absolute atomic E-state index is 15.8. The number of hydrogen-bond donors (Lipinski definition) is 3. The second-order valence-corrected chi connectivity index (χ2v) is 33.5. The van der Waals surface area contributed by atoms with Crippen LogP contribution < -0.4 is 16.0 Å². The van der Waals surface area contributed by atoms with Crippen molar-refractivity contribution in [3.8, 4) is 0 Å². The lowest BCUT2D eigenvalue weighted by molar-refractivity contribution is -0.215. The second-order valence-electron chi connectivity index (χ2n) is 33.5. The standard InChI is InChI=1S/C78H127F3N12O14/c1-17-25-57-67(97)83-56(38-48(4)5)69(99)91(18-2)45-65(96)88(13)58-28-21-20-24-37-92(73(58)103)61(39-50-31-29-49(6)30-32-50)72(102)86(11)44-63(94)82-55(36-34-51-33-35-54(78(79,80)81)62(40-51)106-16)70(100)93-43-53(107-19-3)41-59(93)68(98)84-77(46-76(7,8)47-77)75(105)90(15)66(52-26-22-23-27-52)74(104)89(14)60(71(101)85(9)10)42-64(95)87(57)12/h20-21,48-62,66H,17-19,22-47H2,1-16H3,(H,82,94)(H,83,97)(H,84,98)/b21-20-/t49?,50?,51?,53-,54?,55+,56+,57+,58+,59+,60+,61+,62?,66+/m1/s1. The number of rotatable bonds is 15. The number of amides is 12. The van der Waals surface area contributed by atoms with Crippen LogP contribution in [0.4, 0.5) is 13.2 Å². The fourth-order valence-corrected chi connectivity index (χ4v) is 18.1. The number of methoxy groups -OCH3 is 1. The van der Waals surface area contributed by atoms with E-state index in [-0.39, 0.29) is 121 Å². The number of carbonyl (C=O) groups excluding carboxylic acids is 12. The lowest BCUT2D eigenvalue weighted by Crippen LogP contribution is -2.71. The van der Waals surface area contributed by atoms with Gasteiger partial charge in [0.25, 0.3) is 0 Å². The first-order valence-electron chi connectivity index (χ1n) is 39.5. The summed E-state index contributed by atoms with van der Waals surface area (Å²) < 4.78 is 54.6. The summed E-state index contributed by atoms with van der Waals surface area (Å²) in [5.41, 5.74) is -2.17. The van der Waals surface area contributed by atoms with E-state index in [1.54, 1.807) is 19.9 Å². The van der Waals surface area contributed by atoms with E-state index < -0.39 is 180 Å². The maximum atomic E-state index is 15.8. The second kappa shape index (κ2) is 38.1. The molecule has 107 heavy (non-hydrogen) atoms. The van der Waals surface area contributed by atoms with Gasteiger partial charge in [-0.05, 0) is 139 Å². The number of fused-ring (bicyclic) bond motifs is 3. The van der Waals surface area contributed by atoms with Crippen molar-refractivity contribution in [3.63, 3.8) is 0 Å². The van der Waals surface area contributed by atoms with Crippen LogP contribution in [0.1, 0.15) is 203 Å². The number of nitrogens with zero attached hydrogens (tertiary/aromatic N) is 9. The zero-order valence-corrected chi connectivity index (χ0v) is 66.8. The Balaban J connectivity index is 1.33. The maximum Gasteiger partial charge on any atom is 0.394 e. The molecule has 7 aliphatic rings. The smallest absolute Gasteiger partial charge is 0.381 e. The zero-order chi connectivity index (χ0) is 79.3. The van der Waals surface area contributed by atoms with E-state index in [0.29, 0.717) is 31.6 Å². The highest BCUT2D eigenvalue weighted by atomic mass is 19.4. The molecule has 12 amide bonds. The lowest BCUT2D eigenvalue weighted by atomic mass is 9.58. The van der Waals surface area contributed by atoms with E-state index in [0.717, 1.165) is 38.5 Å². The van der Waals surface area contributed by atoms with Crippen LogP contribution in [0, 0.1) is 40.9 Å². The molecule has 3 unspecified atom stereocenters. The summed E-state index contributed by atoms with van der Waals surface area (Å²) in [7, 11) is 11.4. The van der Waals surface area contributed by atoms with Gasteiger partial charge in [0, 0.05) is 89.1 Å². The summed E-state index contributed by atoms with van der Waals surface area (Å²) in [5.74, 6) is -10.0. The normalized spacial score (nSPS) is 31.5. The van der Waals surface area contributed by atoms with Crippen LogP contribution in [0.15, 0.2) is 12.2 Å². The van der Waals surface area contributed by atoms with Crippen molar-refractivity contribution in [2.75, 3.05) is 95.8 Å². The fourth-order valence-electron chi connectivity index (χ4n) is 18.1. The van der Waals surface area contributed by atoms with Crippen LogP contribution in [-0.4, -0.2) is 283 Å². The molecule has 604 valence electrons. The SMILES string of the molecule is CCC[C@H]1C(=O)N[C@@H](CC(C)C)C(=O)N(CC)CC(=O)N(C)[C@H]2C/C=C\CCN(C2=O)[C@@H](CC2CCC(C)CC2)C(=O)N(C)CC(=O)N[C@@H](CCC2CCC(C(F)(F)F)C(OC)C2)C(=O)N2C[C@H](OCC)C[C@H]2C(=O)NC2(CC(C)(C)C2)C(=O)N(C)[C@@H](C2CCCC2)C(=O)N(C)[C@H](C(=O)N(C)C)CC(=O)N1C. The number of ether oxygens (including phenoxy) is 2. The Hall–Kier alpha value is -6.91. The van der Waals surface area contributed by atoms with E-state index in [9.17, 15) is 41.9 Å². The molecule has 3 heterocycles. The molecule has 2 saturated heterocycles. The van der Waals surface area contributed by atoms with Crippen molar-refractivity contribution in [3.05, 3.63) is 12.2 Å². The van der Waals surface area contributed by atoms with Crippen LogP contribution >= 0.6 is 0 Å². The van der Waals surface area contributed by atoms with Crippen LogP contribution in [0.2, 0.25) is 0 Å². The fraction of sp³-hybridized carbons (Fsp3) is 0.821. The summed E-state index contributed by atoms with van der Waals surface area (Å²) in [4.78, 5) is 194. The number of halogens is 3. The largest absolute Gasteiger partial charge is 0.394 e. The molecule has 26 nitrogen and oxygen atoms in total. The summed E-state index contributed by atoms with van der Waals surface area (Å²) in [6, 6.07) is -10.1. The van der Waals surface area contributed by atoms with Gasteiger partial charge in [-0.3, -0.25) is 57.5 Å². The Kier molecular flexibility index (Phi) is 31.1. The van der Waals surface area contributed by atoms with E-state index in [2.05, 4.69) is 22.9 Å². The number of hydrogen-bond acceptors (Lipinski definition) is 14. The highest BCUT2D eigenvalue weighted by Crippen LogP contribution is 2.50. The van der Waals surface area contributed by atoms with Gasteiger partial charge in [-0.15, -0.1) is 0 Å². The highest BCUT2D eigenvalue weighted by Gasteiger charge is 2.59. The minimum Gasteiger partial charge on any atom is -0.381 e. The average molecular weight is 1510 g/mol. The van der Waals surface area contributed by atoms with E-state index >= 15 is 28.8 Å².